The molecule has 1 atom stereocenters. The number of carbonyl (C=O) groups excluding carboxylic acids is 2. The molecule has 3 rings (SSSR count). The highest BCUT2D eigenvalue weighted by atomic mass is 35.6. The average Bonchev–Trinajstić information content (AvgIpc) is 3.05. The molecule has 0 radical (unpaired) electrons. The summed E-state index contributed by atoms with van der Waals surface area (Å²) >= 11 is 19.8. The average molecular weight is 476 g/mol. The van der Waals surface area contributed by atoms with E-state index >= 15 is 0 Å². The van der Waals surface area contributed by atoms with E-state index in [1.54, 1.807) is 0 Å². The number of anilines is 1. The topological polar surface area (TPSA) is 67.4 Å². The summed E-state index contributed by atoms with van der Waals surface area (Å²) in [5.74, 6) is -0.744. The lowest BCUT2D eigenvalue weighted by atomic mass is 9.95. The largest absolute Gasteiger partial charge is 0.465 e. The summed E-state index contributed by atoms with van der Waals surface area (Å²) in [7, 11) is 1.34. The van der Waals surface area contributed by atoms with Crippen LogP contribution in [-0.2, 0) is 28.8 Å². The summed E-state index contributed by atoms with van der Waals surface area (Å²) in [6.45, 7) is 0. The van der Waals surface area contributed by atoms with Gasteiger partial charge in [-0.2, -0.15) is 0 Å². The van der Waals surface area contributed by atoms with Crippen LogP contribution in [0.4, 0.5) is 5.00 Å². The van der Waals surface area contributed by atoms with Crippen molar-refractivity contribution in [2.24, 2.45) is 0 Å². The molecular weight excluding hydrogens is 455 g/mol. The number of rotatable bonds is 6. The predicted molar refractivity (Wildman–Crippen MR) is 118 cm³/mol. The molecular formula is C20H21Cl3N2O3S. The molecule has 5 nitrogen and oxygen atoms in total. The van der Waals surface area contributed by atoms with Gasteiger partial charge in [0.15, 0.2) is 0 Å². The molecule has 0 fully saturated rings. The summed E-state index contributed by atoms with van der Waals surface area (Å²) in [5.41, 5.74) is 2.29. The zero-order valence-corrected chi connectivity index (χ0v) is 18.9. The lowest BCUT2D eigenvalue weighted by molar-refractivity contribution is -0.120. The summed E-state index contributed by atoms with van der Waals surface area (Å²) in [6.07, 6.45) is 2.89. The zero-order valence-electron chi connectivity index (χ0n) is 15.8. The van der Waals surface area contributed by atoms with E-state index in [4.69, 9.17) is 39.5 Å². The zero-order chi connectivity index (χ0) is 21.0. The van der Waals surface area contributed by atoms with Crippen LogP contribution in [-0.4, -0.2) is 28.9 Å². The summed E-state index contributed by atoms with van der Waals surface area (Å²) < 4.78 is 3.14. The van der Waals surface area contributed by atoms with Crippen molar-refractivity contribution in [1.29, 1.82) is 0 Å². The number of aryl methyl sites for hydroxylation is 1. The maximum absolute atomic E-state index is 12.5. The SMILES string of the molecule is COC(=O)c1c(N[C@H](NC(=O)Cc2ccccc2)C(Cl)(Cl)Cl)sc2c1CCCC2. The summed E-state index contributed by atoms with van der Waals surface area (Å²) in [5, 5.41) is 6.34. The maximum Gasteiger partial charge on any atom is 0.341 e. The van der Waals surface area contributed by atoms with Crippen molar-refractivity contribution in [3.63, 3.8) is 0 Å². The van der Waals surface area contributed by atoms with Crippen molar-refractivity contribution in [2.75, 3.05) is 12.4 Å². The number of esters is 1. The molecule has 1 amide bonds. The molecule has 1 aromatic carbocycles. The number of methoxy groups -OCH3 is 1. The van der Waals surface area contributed by atoms with Crippen LogP contribution in [0.3, 0.4) is 0 Å². The minimum atomic E-state index is -1.83. The molecule has 1 aliphatic rings. The van der Waals surface area contributed by atoms with Crippen LogP contribution in [0.15, 0.2) is 30.3 Å². The fourth-order valence-corrected chi connectivity index (χ4v) is 4.94. The number of hydrogen-bond donors (Lipinski definition) is 2. The van der Waals surface area contributed by atoms with E-state index in [2.05, 4.69) is 10.6 Å². The van der Waals surface area contributed by atoms with Crippen LogP contribution in [0, 0.1) is 0 Å². The Labute approximate surface area is 188 Å². The molecule has 9 heteroatoms. The fraction of sp³-hybridized carbons (Fsp3) is 0.400. The molecule has 1 aliphatic carbocycles. The third-order valence-corrected chi connectivity index (χ3v) is 6.55. The Morgan fingerprint density at radius 2 is 1.86 bits per heavy atom. The summed E-state index contributed by atoms with van der Waals surface area (Å²) in [6, 6.07) is 9.28. The number of alkyl halides is 3. The van der Waals surface area contributed by atoms with Crippen molar-refractivity contribution < 1.29 is 14.3 Å². The lowest BCUT2D eigenvalue weighted by Gasteiger charge is -2.27. The van der Waals surface area contributed by atoms with Crippen LogP contribution >= 0.6 is 46.1 Å². The van der Waals surface area contributed by atoms with Gasteiger partial charge in [0, 0.05) is 4.88 Å². The molecule has 29 heavy (non-hydrogen) atoms. The molecule has 0 bridgehead atoms. The molecule has 2 aromatic rings. The smallest absolute Gasteiger partial charge is 0.341 e. The first-order valence-corrected chi connectivity index (χ1v) is 11.1. The molecule has 0 unspecified atom stereocenters. The van der Waals surface area contributed by atoms with E-state index < -0.39 is 15.9 Å². The Morgan fingerprint density at radius 1 is 1.17 bits per heavy atom. The van der Waals surface area contributed by atoms with Crippen molar-refractivity contribution in [3.05, 3.63) is 51.9 Å². The number of amides is 1. The second-order valence-electron chi connectivity index (χ2n) is 6.76. The number of benzene rings is 1. The minimum Gasteiger partial charge on any atom is -0.465 e. The Bertz CT molecular complexity index is 881. The Hall–Kier alpha value is -1.47. The van der Waals surface area contributed by atoms with Gasteiger partial charge in [-0.3, -0.25) is 4.79 Å². The van der Waals surface area contributed by atoms with Crippen molar-refractivity contribution in [1.82, 2.24) is 5.32 Å². The quantitative estimate of drug-likeness (QED) is 0.355. The van der Waals surface area contributed by atoms with Crippen LogP contribution in [0.25, 0.3) is 0 Å². The summed E-state index contributed by atoms with van der Waals surface area (Å²) in [4.78, 5) is 26.1. The third kappa shape index (κ3) is 5.57. The van der Waals surface area contributed by atoms with Gasteiger partial charge in [-0.05, 0) is 36.8 Å². The predicted octanol–water partition coefficient (Wildman–Crippen LogP) is 4.88. The minimum absolute atomic E-state index is 0.143. The van der Waals surface area contributed by atoms with Crippen LogP contribution in [0.5, 0.6) is 0 Å². The number of nitrogens with one attached hydrogen (secondary N) is 2. The first-order valence-electron chi connectivity index (χ1n) is 9.19. The molecule has 0 saturated carbocycles. The van der Waals surface area contributed by atoms with Crippen LogP contribution in [0.1, 0.15) is 39.2 Å². The number of halogens is 3. The maximum atomic E-state index is 12.5. The van der Waals surface area contributed by atoms with Gasteiger partial charge in [-0.25, -0.2) is 4.79 Å². The van der Waals surface area contributed by atoms with E-state index in [-0.39, 0.29) is 12.3 Å². The van der Waals surface area contributed by atoms with Gasteiger partial charge < -0.3 is 15.4 Å². The van der Waals surface area contributed by atoms with Gasteiger partial charge in [0.1, 0.15) is 11.2 Å². The van der Waals surface area contributed by atoms with Crippen LogP contribution in [0.2, 0.25) is 0 Å². The molecule has 0 spiro atoms. The first kappa shape index (κ1) is 22.2. The Balaban J connectivity index is 1.83. The van der Waals surface area contributed by atoms with Gasteiger partial charge in [0.05, 0.1) is 19.1 Å². The van der Waals surface area contributed by atoms with Crippen molar-refractivity contribution >= 4 is 63.0 Å². The normalized spacial score (nSPS) is 14.6. The van der Waals surface area contributed by atoms with Crippen molar-refractivity contribution in [3.8, 4) is 0 Å². The molecule has 1 heterocycles. The second kappa shape index (κ2) is 9.56. The number of fused-ring (bicyclic) bond motifs is 1. The van der Waals surface area contributed by atoms with E-state index in [0.29, 0.717) is 10.6 Å². The second-order valence-corrected chi connectivity index (χ2v) is 10.2. The highest BCUT2D eigenvalue weighted by Gasteiger charge is 2.36. The van der Waals surface area contributed by atoms with Gasteiger partial charge in [-0.1, -0.05) is 65.1 Å². The highest BCUT2D eigenvalue weighted by Crippen LogP contribution is 2.40. The molecule has 156 valence electrons. The van der Waals surface area contributed by atoms with E-state index in [9.17, 15) is 9.59 Å². The van der Waals surface area contributed by atoms with Gasteiger partial charge in [0.25, 0.3) is 0 Å². The fourth-order valence-electron chi connectivity index (χ4n) is 3.31. The lowest BCUT2D eigenvalue weighted by Crippen LogP contribution is -2.49. The number of carbonyl (C=O) groups is 2. The first-order chi connectivity index (χ1) is 13.8. The third-order valence-electron chi connectivity index (χ3n) is 4.68. The van der Waals surface area contributed by atoms with E-state index in [1.165, 1.54) is 18.4 Å². The van der Waals surface area contributed by atoms with E-state index in [0.717, 1.165) is 41.7 Å². The molecule has 0 aliphatic heterocycles. The highest BCUT2D eigenvalue weighted by molar-refractivity contribution is 7.16. The standard InChI is InChI=1S/C20H21Cl3N2O3S/c1-28-18(27)16-13-9-5-6-10-14(13)29-17(16)25-19(20(21,22)23)24-15(26)11-12-7-3-2-4-8-12/h2-4,7-8,19,25H,5-6,9-11H2,1H3,(H,24,26)/t19-/m0/s1. The molecule has 0 saturated heterocycles. The van der Waals surface area contributed by atoms with Gasteiger partial charge >= 0.3 is 5.97 Å². The monoisotopic (exact) mass is 474 g/mol. The van der Waals surface area contributed by atoms with Crippen molar-refractivity contribution in [2.45, 2.75) is 42.1 Å². The van der Waals surface area contributed by atoms with Crippen LogP contribution < -0.4 is 10.6 Å². The Kier molecular flexibility index (Phi) is 7.32. The number of ether oxygens (including phenoxy) is 1. The number of hydrogen-bond acceptors (Lipinski definition) is 5. The number of thiophene rings is 1. The van der Waals surface area contributed by atoms with Gasteiger partial charge in [0.2, 0.25) is 9.70 Å². The van der Waals surface area contributed by atoms with E-state index in [1.807, 2.05) is 30.3 Å². The van der Waals surface area contributed by atoms with Gasteiger partial charge in [-0.15, -0.1) is 11.3 Å². The Morgan fingerprint density at radius 3 is 2.52 bits per heavy atom. The molecule has 2 N–H and O–H groups in total. The molecule has 1 aromatic heterocycles.